The quantitative estimate of drug-likeness (QED) is 0.901. The first-order valence-electron chi connectivity index (χ1n) is 5.51. The Labute approximate surface area is 123 Å². The molecule has 2 rings (SSSR count). The summed E-state index contributed by atoms with van der Waals surface area (Å²) in [6, 6.07) is 2.38. The molecular weight excluding hydrogens is 331 g/mol. The number of alkyl halides is 3. The fourth-order valence-electron chi connectivity index (χ4n) is 1.59. The van der Waals surface area contributed by atoms with E-state index in [4.69, 9.17) is 11.6 Å². The van der Waals surface area contributed by atoms with Crippen molar-refractivity contribution in [3.63, 3.8) is 0 Å². The molecule has 2 N–H and O–H groups in total. The van der Waals surface area contributed by atoms with Crippen LogP contribution in [0.4, 0.5) is 18.9 Å². The van der Waals surface area contributed by atoms with Gasteiger partial charge in [0.25, 0.3) is 10.0 Å². The predicted octanol–water partition coefficient (Wildman–Crippen LogP) is 3.19. The molecule has 1 aromatic carbocycles. The van der Waals surface area contributed by atoms with Crippen LogP contribution in [0.3, 0.4) is 0 Å². The molecule has 0 bridgehead atoms. The highest BCUT2D eigenvalue weighted by molar-refractivity contribution is 7.92. The maximum Gasteiger partial charge on any atom is 0.416 e. The minimum atomic E-state index is -4.60. The third kappa shape index (κ3) is 3.30. The van der Waals surface area contributed by atoms with Gasteiger partial charge in [-0.1, -0.05) is 11.6 Å². The molecule has 0 unspecified atom stereocenters. The molecule has 0 aliphatic rings. The first kappa shape index (κ1) is 15.6. The van der Waals surface area contributed by atoms with Crippen LogP contribution in [0.1, 0.15) is 11.3 Å². The van der Waals surface area contributed by atoms with E-state index in [1.807, 2.05) is 4.72 Å². The van der Waals surface area contributed by atoms with Crippen LogP contribution in [0.5, 0.6) is 0 Å². The Balaban J connectivity index is 2.42. The van der Waals surface area contributed by atoms with Crippen LogP contribution in [0.15, 0.2) is 29.3 Å². The summed E-state index contributed by atoms with van der Waals surface area (Å²) >= 11 is 5.74. The van der Waals surface area contributed by atoms with Crippen molar-refractivity contribution in [3.8, 4) is 0 Å². The van der Waals surface area contributed by atoms with Crippen LogP contribution in [-0.2, 0) is 16.2 Å². The van der Waals surface area contributed by atoms with E-state index < -0.39 is 21.8 Å². The number of nitrogens with one attached hydrogen (secondary N) is 2. The highest BCUT2D eigenvalue weighted by Crippen LogP contribution is 2.34. The highest BCUT2D eigenvalue weighted by atomic mass is 35.5. The summed E-state index contributed by atoms with van der Waals surface area (Å²) in [6.07, 6.45) is -3.55. The molecule has 0 amide bonds. The number of hydrogen-bond acceptors (Lipinski definition) is 3. The van der Waals surface area contributed by atoms with E-state index in [-0.39, 0.29) is 21.3 Å². The summed E-state index contributed by atoms with van der Waals surface area (Å²) < 4.78 is 64.1. The standard InChI is InChI=1S/C11H9ClF3N3O2S/c1-6-10(5-16-17-6)21(19,20)18-9-4-7(11(13,14)15)2-3-8(9)12/h2-5,18H,1H3,(H,16,17). The highest BCUT2D eigenvalue weighted by Gasteiger charge is 2.31. The summed E-state index contributed by atoms with van der Waals surface area (Å²) in [5.41, 5.74) is -1.11. The number of anilines is 1. The lowest BCUT2D eigenvalue weighted by molar-refractivity contribution is -0.137. The largest absolute Gasteiger partial charge is 0.416 e. The number of H-pyrrole nitrogens is 1. The Bertz CT molecular complexity index is 771. The van der Waals surface area contributed by atoms with Crippen LogP contribution in [0.2, 0.25) is 5.02 Å². The van der Waals surface area contributed by atoms with E-state index in [0.29, 0.717) is 6.07 Å². The van der Waals surface area contributed by atoms with Crippen molar-refractivity contribution in [2.45, 2.75) is 18.0 Å². The molecule has 0 atom stereocenters. The third-order valence-corrected chi connectivity index (χ3v) is 4.42. The Hall–Kier alpha value is -1.74. The van der Waals surface area contributed by atoms with Gasteiger partial charge >= 0.3 is 6.18 Å². The monoisotopic (exact) mass is 339 g/mol. The van der Waals surface area contributed by atoms with E-state index in [1.54, 1.807) is 0 Å². The van der Waals surface area contributed by atoms with E-state index in [9.17, 15) is 21.6 Å². The van der Waals surface area contributed by atoms with Crippen LogP contribution in [0.25, 0.3) is 0 Å². The Morgan fingerprint density at radius 3 is 2.52 bits per heavy atom. The zero-order valence-electron chi connectivity index (χ0n) is 10.5. The van der Waals surface area contributed by atoms with E-state index in [1.165, 1.54) is 6.92 Å². The van der Waals surface area contributed by atoms with Gasteiger partial charge in [-0.05, 0) is 25.1 Å². The molecule has 0 fully saturated rings. The van der Waals surface area contributed by atoms with Gasteiger partial charge < -0.3 is 0 Å². The van der Waals surface area contributed by atoms with Crippen molar-refractivity contribution < 1.29 is 21.6 Å². The maximum atomic E-state index is 12.6. The minimum Gasteiger partial charge on any atom is -0.281 e. The lowest BCUT2D eigenvalue weighted by Gasteiger charge is -2.12. The smallest absolute Gasteiger partial charge is 0.281 e. The van der Waals surface area contributed by atoms with Crippen molar-refractivity contribution in [1.82, 2.24) is 10.2 Å². The normalized spacial score (nSPS) is 12.4. The fraction of sp³-hybridized carbons (Fsp3) is 0.182. The van der Waals surface area contributed by atoms with E-state index in [2.05, 4.69) is 10.2 Å². The average molecular weight is 340 g/mol. The first-order chi connectivity index (χ1) is 9.61. The third-order valence-electron chi connectivity index (χ3n) is 2.61. The van der Waals surface area contributed by atoms with Crippen molar-refractivity contribution in [1.29, 1.82) is 0 Å². The molecule has 10 heteroatoms. The van der Waals surface area contributed by atoms with E-state index in [0.717, 1.165) is 18.3 Å². The van der Waals surface area contributed by atoms with Gasteiger partial charge in [0.2, 0.25) is 0 Å². The van der Waals surface area contributed by atoms with Gasteiger partial charge in [-0.15, -0.1) is 0 Å². The Morgan fingerprint density at radius 1 is 1.33 bits per heavy atom. The van der Waals surface area contributed by atoms with Crippen LogP contribution >= 0.6 is 11.6 Å². The fourth-order valence-corrected chi connectivity index (χ4v) is 3.02. The number of nitrogens with zero attached hydrogens (tertiary/aromatic N) is 1. The first-order valence-corrected chi connectivity index (χ1v) is 7.37. The molecule has 0 saturated heterocycles. The molecule has 1 heterocycles. The summed E-state index contributed by atoms with van der Waals surface area (Å²) in [5.74, 6) is 0. The second-order valence-electron chi connectivity index (χ2n) is 4.16. The van der Waals surface area contributed by atoms with Crippen molar-refractivity contribution in [2.75, 3.05) is 4.72 Å². The second kappa shape index (κ2) is 5.23. The molecule has 21 heavy (non-hydrogen) atoms. The van der Waals surface area contributed by atoms with Crippen LogP contribution in [-0.4, -0.2) is 18.6 Å². The number of aromatic amines is 1. The van der Waals surface area contributed by atoms with Crippen molar-refractivity contribution in [3.05, 3.63) is 40.7 Å². The number of halogens is 4. The van der Waals surface area contributed by atoms with Gasteiger partial charge in [0.15, 0.2) is 0 Å². The maximum absolute atomic E-state index is 12.6. The molecule has 0 radical (unpaired) electrons. The lowest BCUT2D eigenvalue weighted by Crippen LogP contribution is -2.15. The molecular formula is C11H9ClF3N3O2S. The molecule has 5 nitrogen and oxygen atoms in total. The summed E-state index contributed by atoms with van der Waals surface area (Å²) in [7, 11) is -4.08. The van der Waals surface area contributed by atoms with Gasteiger partial charge in [-0.25, -0.2) is 8.42 Å². The number of rotatable bonds is 3. The number of aromatic nitrogens is 2. The SMILES string of the molecule is Cc1[nH]ncc1S(=O)(=O)Nc1cc(C(F)(F)F)ccc1Cl. The van der Waals surface area contributed by atoms with Crippen molar-refractivity contribution in [2.24, 2.45) is 0 Å². The Kier molecular flexibility index (Phi) is 3.89. The number of aryl methyl sites for hydroxylation is 1. The average Bonchev–Trinajstić information content (AvgIpc) is 2.77. The molecule has 114 valence electrons. The molecule has 0 saturated carbocycles. The second-order valence-corrected chi connectivity index (χ2v) is 6.22. The van der Waals surface area contributed by atoms with Gasteiger partial charge in [-0.2, -0.15) is 18.3 Å². The van der Waals surface area contributed by atoms with Crippen LogP contribution < -0.4 is 4.72 Å². The number of hydrogen-bond donors (Lipinski definition) is 2. The number of benzene rings is 1. The summed E-state index contributed by atoms with van der Waals surface area (Å²) in [5, 5.41) is 5.83. The number of sulfonamides is 1. The predicted molar refractivity (Wildman–Crippen MR) is 70.6 cm³/mol. The Morgan fingerprint density at radius 2 is 2.00 bits per heavy atom. The molecule has 0 aliphatic carbocycles. The summed E-state index contributed by atoms with van der Waals surface area (Å²) in [4.78, 5) is -0.170. The lowest BCUT2D eigenvalue weighted by atomic mass is 10.2. The molecule has 0 aliphatic heterocycles. The van der Waals surface area contributed by atoms with E-state index >= 15 is 0 Å². The van der Waals surface area contributed by atoms with Crippen molar-refractivity contribution >= 4 is 27.3 Å². The topological polar surface area (TPSA) is 74.8 Å². The summed E-state index contributed by atoms with van der Waals surface area (Å²) in [6.45, 7) is 1.47. The van der Waals surface area contributed by atoms with Gasteiger partial charge in [0.1, 0.15) is 4.90 Å². The van der Waals surface area contributed by atoms with Gasteiger partial charge in [0, 0.05) is 0 Å². The molecule has 1 aromatic heterocycles. The molecule has 0 spiro atoms. The van der Waals surface area contributed by atoms with Gasteiger partial charge in [0.05, 0.1) is 28.2 Å². The zero-order valence-corrected chi connectivity index (χ0v) is 12.1. The molecule has 2 aromatic rings. The van der Waals surface area contributed by atoms with Gasteiger partial charge in [-0.3, -0.25) is 9.82 Å². The zero-order chi connectivity index (χ0) is 15.8. The van der Waals surface area contributed by atoms with Crippen LogP contribution in [0, 0.1) is 6.92 Å². The minimum absolute atomic E-state index is 0.146.